The lowest BCUT2D eigenvalue weighted by Crippen LogP contribution is -2.55. The van der Waals surface area contributed by atoms with Crippen molar-refractivity contribution in [2.45, 2.75) is 32.2 Å². The van der Waals surface area contributed by atoms with Crippen LogP contribution in [0.3, 0.4) is 0 Å². The molecular weight excluding hydrogens is 326 g/mol. The van der Waals surface area contributed by atoms with Crippen molar-refractivity contribution in [3.63, 3.8) is 0 Å². The van der Waals surface area contributed by atoms with Crippen LogP contribution >= 0.6 is 0 Å². The molecule has 0 saturated carbocycles. The second-order valence-corrected chi connectivity index (χ2v) is 7.05. The Labute approximate surface area is 156 Å². The fourth-order valence-corrected chi connectivity index (χ4v) is 3.79. The SMILES string of the molecule is CCC(C(=O)N1CCN(C/C=C/c2ccccc2)CC1)N1CCCC1=O. The average Bonchev–Trinajstić information content (AvgIpc) is 3.09. The van der Waals surface area contributed by atoms with E-state index < -0.39 is 0 Å². The monoisotopic (exact) mass is 355 g/mol. The van der Waals surface area contributed by atoms with E-state index in [1.807, 2.05) is 30.0 Å². The van der Waals surface area contributed by atoms with Gasteiger partial charge in [-0.1, -0.05) is 49.4 Å². The third kappa shape index (κ3) is 4.52. The van der Waals surface area contributed by atoms with Gasteiger partial charge in [-0.05, 0) is 18.4 Å². The van der Waals surface area contributed by atoms with E-state index in [1.54, 1.807) is 4.90 Å². The zero-order valence-electron chi connectivity index (χ0n) is 15.6. The molecule has 26 heavy (non-hydrogen) atoms. The second-order valence-electron chi connectivity index (χ2n) is 7.05. The number of piperazine rings is 1. The molecule has 0 radical (unpaired) electrons. The first-order chi connectivity index (χ1) is 12.7. The summed E-state index contributed by atoms with van der Waals surface area (Å²) in [5, 5.41) is 0. The molecule has 1 atom stereocenters. The highest BCUT2D eigenvalue weighted by atomic mass is 16.2. The summed E-state index contributed by atoms with van der Waals surface area (Å²) in [4.78, 5) is 31.0. The van der Waals surface area contributed by atoms with Crippen LogP contribution in [0.25, 0.3) is 6.08 Å². The second kappa shape index (κ2) is 8.99. The van der Waals surface area contributed by atoms with Crippen LogP contribution < -0.4 is 0 Å². The van der Waals surface area contributed by atoms with Crippen molar-refractivity contribution in [3.8, 4) is 0 Å². The van der Waals surface area contributed by atoms with E-state index in [0.29, 0.717) is 12.8 Å². The summed E-state index contributed by atoms with van der Waals surface area (Å²) in [6, 6.07) is 10.0. The van der Waals surface area contributed by atoms with Crippen molar-refractivity contribution in [2.75, 3.05) is 39.3 Å². The summed E-state index contributed by atoms with van der Waals surface area (Å²) >= 11 is 0. The number of hydrogen-bond donors (Lipinski definition) is 0. The van der Waals surface area contributed by atoms with Gasteiger partial charge in [0.25, 0.3) is 0 Å². The van der Waals surface area contributed by atoms with E-state index >= 15 is 0 Å². The number of carbonyl (C=O) groups excluding carboxylic acids is 2. The number of benzene rings is 1. The highest BCUT2D eigenvalue weighted by molar-refractivity contribution is 5.88. The van der Waals surface area contributed by atoms with Gasteiger partial charge in [-0.25, -0.2) is 0 Å². The van der Waals surface area contributed by atoms with Gasteiger partial charge in [0, 0.05) is 45.7 Å². The molecule has 2 saturated heterocycles. The zero-order valence-corrected chi connectivity index (χ0v) is 15.6. The Morgan fingerprint density at radius 3 is 2.46 bits per heavy atom. The van der Waals surface area contributed by atoms with Gasteiger partial charge in [-0.15, -0.1) is 0 Å². The highest BCUT2D eigenvalue weighted by Crippen LogP contribution is 2.18. The van der Waals surface area contributed by atoms with Gasteiger partial charge in [0.1, 0.15) is 6.04 Å². The predicted octanol–water partition coefficient (Wildman–Crippen LogP) is 2.25. The molecule has 5 nitrogen and oxygen atoms in total. The van der Waals surface area contributed by atoms with Crippen LogP contribution in [0.15, 0.2) is 36.4 Å². The van der Waals surface area contributed by atoms with Crippen molar-refractivity contribution >= 4 is 17.9 Å². The Morgan fingerprint density at radius 2 is 1.85 bits per heavy atom. The average molecular weight is 355 g/mol. The van der Waals surface area contributed by atoms with Gasteiger partial charge in [0.2, 0.25) is 11.8 Å². The topological polar surface area (TPSA) is 43.9 Å². The summed E-state index contributed by atoms with van der Waals surface area (Å²) in [5.74, 6) is 0.261. The number of carbonyl (C=O) groups is 2. The van der Waals surface area contributed by atoms with E-state index in [2.05, 4.69) is 29.2 Å². The minimum Gasteiger partial charge on any atom is -0.338 e. The van der Waals surface area contributed by atoms with Crippen LogP contribution in [-0.4, -0.2) is 71.8 Å². The summed E-state index contributed by atoms with van der Waals surface area (Å²) in [6.45, 7) is 6.89. The van der Waals surface area contributed by atoms with Crippen molar-refractivity contribution in [1.29, 1.82) is 0 Å². The molecule has 0 N–H and O–H groups in total. The van der Waals surface area contributed by atoms with Crippen molar-refractivity contribution in [1.82, 2.24) is 14.7 Å². The third-order valence-electron chi connectivity index (χ3n) is 5.32. The van der Waals surface area contributed by atoms with Crippen LogP contribution in [0, 0.1) is 0 Å². The highest BCUT2D eigenvalue weighted by Gasteiger charge is 2.34. The Hall–Kier alpha value is -2.14. The van der Waals surface area contributed by atoms with E-state index in [-0.39, 0.29) is 17.9 Å². The first-order valence-corrected chi connectivity index (χ1v) is 9.71. The lowest BCUT2D eigenvalue weighted by molar-refractivity contribution is -0.144. The van der Waals surface area contributed by atoms with Crippen LogP contribution in [0.2, 0.25) is 0 Å². The maximum Gasteiger partial charge on any atom is 0.245 e. The lowest BCUT2D eigenvalue weighted by Gasteiger charge is -2.37. The molecule has 0 aromatic heterocycles. The van der Waals surface area contributed by atoms with E-state index in [4.69, 9.17) is 0 Å². The fourth-order valence-electron chi connectivity index (χ4n) is 3.79. The maximum absolute atomic E-state index is 12.9. The van der Waals surface area contributed by atoms with Gasteiger partial charge in [0.15, 0.2) is 0 Å². The van der Waals surface area contributed by atoms with Gasteiger partial charge in [0.05, 0.1) is 0 Å². The maximum atomic E-state index is 12.9. The molecule has 140 valence electrons. The molecule has 2 fully saturated rings. The van der Waals surface area contributed by atoms with Crippen LogP contribution in [0.4, 0.5) is 0 Å². The summed E-state index contributed by atoms with van der Waals surface area (Å²) in [5.41, 5.74) is 1.21. The van der Waals surface area contributed by atoms with Crippen LogP contribution in [-0.2, 0) is 9.59 Å². The Kier molecular flexibility index (Phi) is 6.45. The minimum atomic E-state index is -0.269. The molecule has 2 aliphatic heterocycles. The fraction of sp³-hybridized carbons (Fsp3) is 0.524. The molecule has 0 bridgehead atoms. The molecule has 3 rings (SSSR count). The molecule has 1 unspecified atom stereocenters. The molecule has 2 aliphatic rings. The molecule has 0 spiro atoms. The van der Waals surface area contributed by atoms with E-state index in [9.17, 15) is 9.59 Å². The van der Waals surface area contributed by atoms with E-state index in [1.165, 1.54) is 5.56 Å². The molecule has 2 heterocycles. The first-order valence-electron chi connectivity index (χ1n) is 9.71. The molecule has 2 amide bonds. The zero-order chi connectivity index (χ0) is 18.4. The minimum absolute atomic E-state index is 0.127. The number of hydrogen-bond acceptors (Lipinski definition) is 3. The van der Waals surface area contributed by atoms with E-state index in [0.717, 1.165) is 45.7 Å². The van der Waals surface area contributed by atoms with Crippen molar-refractivity contribution in [3.05, 3.63) is 42.0 Å². The van der Waals surface area contributed by atoms with Gasteiger partial charge >= 0.3 is 0 Å². The first kappa shape index (κ1) is 18.6. The number of nitrogens with zero attached hydrogens (tertiary/aromatic N) is 3. The number of amides is 2. The predicted molar refractivity (Wildman–Crippen MR) is 104 cm³/mol. The van der Waals surface area contributed by atoms with Crippen LogP contribution in [0.5, 0.6) is 0 Å². The summed E-state index contributed by atoms with van der Waals surface area (Å²) in [7, 11) is 0. The van der Waals surface area contributed by atoms with Gasteiger partial charge in [-0.3, -0.25) is 14.5 Å². The lowest BCUT2D eigenvalue weighted by atomic mass is 10.1. The Bertz CT molecular complexity index is 636. The standard InChI is InChI=1S/C21H29N3O2/c1-2-19(24-13-7-11-20(24)25)21(26)23-16-14-22(15-17-23)12-6-10-18-8-4-3-5-9-18/h3-6,8-10,19H,2,7,11-17H2,1H3/b10-6+. The Balaban J connectivity index is 1.47. The molecule has 1 aromatic rings. The largest absolute Gasteiger partial charge is 0.338 e. The van der Waals surface area contributed by atoms with Crippen molar-refractivity contribution < 1.29 is 9.59 Å². The number of likely N-dealkylation sites (tertiary alicyclic amines) is 1. The molecule has 5 heteroatoms. The van der Waals surface area contributed by atoms with Crippen LogP contribution in [0.1, 0.15) is 31.7 Å². The molecule has 1 aromatic carbocycles. The Morgan fingerprint density at radius 1 is 1.12 bits per heavy atom. The van der Waals surface area contributed by atoms with Gasteiger partial charge < -0.3 is 9.80 Å². The molecular formula is C21H29N3O2. The summed E-state index contributed by atoms with van der Waals surface area (Å²) in [6.07, 6.45) is 6.49. The van der Waals surface area contributed by atoms with Gasteiger partial charge in [-0.2, -0.15) is 0 Å². The molecule has 0 aliphatic carbocycles. The van der Waals surface area contributed by atoms with Crippen molar-refractivity contribution in [2.24, 2.45) is 0 Å². The number of rotatable bonds is 6. The third-order valence-corrected chi connectivity index (χ3v) is 5.32. The normalized spacial score (nSPS) is 20.1. The summed E-state index contributed by atoms with van der Waals surface area (Å²) < 4.78 is 0. The smallest absolute Gasteiger partial charge is 0.245 e. The quantitative estimate of drug-likeness (QED) is 0.786.